The minimum Gasteiger partial charge on any atom is -0.396 e. The van der Waals surface area contributed by atoms with Crippen LogP contribution in [0.4, 0.5) is 0 Å². The molecule has 6 heteroatoms. The third kappa shape index (κ3) is 3.01. The van der Waals surface area contributed by atoms with Crippen LogP contribution in [0.25, 0.3) is 5.69 Å². The number of para-hydroxylation sites is 1. The molecule has 0 aliphatic carbocycles. The van der Waals surface area contributed by atoms with Crippen LogP contribution in [-0.4, -0.2) is 50.1 Å². The van der Waals surface area contributed by atoms with Crippen molar-refractivity contribution < 1.29 is 9.90 Å². The van der Waals surface area contributed by atoms with E-state index in [1.54, 1.807) is 10.9 Å². The van der Waals surface area contributed by atoms with Crippen molar-refractivity contribution in [3.05, 3.63) is 42.2 Å². The lowest BCUT2D eigenvalue weighted by Crippen LogP contribution is -2.44. The minimum atomic E-state index is -0.0969. The predicted octanol–water partition coefficient (Wildman–Crippen LogP) is 1.64. The van der Waals surface area contributed by atoms with Gasteiger partial charge in [-0.1, -0.05) is 23.4 Å². The van der Waals surface area contributed by atoms with Gasteiger partial charge in [-0.15, -0.1) is 5.10 Å². The second kappa shape index (κ2) is 6.70. The molecule has 1 amide bonds. The van der Waals surface area contributed by atoms with Crippen molar-refractivity contribution in [2.24, 2.45) is 0 Å². The number of likely N-dealkylation sites (tertiary alicyclic amines) is 1. The summed E-state index contributed by atoms with van der Waals surface area (Å²) in [4.78, 5) is 14.5. The third-order valence-electron chi connectivity index (χ3n) is 4.08. The van der Waals surface area contributed by atoms with E-state index in [0.717, 1.165) is 31.5 Å². The standard InChI is InChI=1S/C16H20N4O2/c21-11-9-13-6-4-5-10-19(13)16(22)15-12-20(18-17-15)14-7-2-1-3-8-14/h1-3,7-8,12-13,21H,4-6,9-11H2. The Morgan fingerprint density at radius 1 is 1.27 bits per heavy atom. The fraction of sp³-hybridized carbons (Fsp3) is 0.438. The molecule has 1 atom stereocenters. The van der Waals surface area contributed by atoms with Gasteiger partial charge in [0.25, 0.3) is 5.91 Å². The molecule has 1 saturated heterocycles. The summed E-state index contributed by atoms with van der Waals surface area (Å²) in [6.07, 6.45) is 5.34. The Hall–Kier alpha value is -2.21. The van der Waals surface area contributed by atoms with Crippen LogP contribution in [0.2, 0.25) is 0 Å². The van der Waals surface area contributed by atoms with Crippen molar-refractivity contribution in [2.75, 3.05) is 13.2 Å². The van der Waals surface area contributed by atoms with Gasteiger partial charge in [-0.25, -0.2) is 4.68 Å². The topological polar surface area (TPSA) is 71.2 Å². The van der Waals surface area contributed by atoms with Crippen LogP contribution in [0, 0.1) is 0 Å². The first-order valence-electron chi connectivity index (χ1n) is 7.69. The number of carbonyl (C=O) groups excluding carboxylic acids is 1. The van der Waals surface area contributed by atoms with Gasteiger partial charge in [0.05, 0.1) is 11.9 Å². The molecule has 0 spiro atoms. The number of aliphatic hydroxyl groups excluding tert-OH is 1. The minimum absolute atomic E-state index is 0.0969. The van der Waals surface area contributed by atoms with E-state index in [0.29, 0.717) is 12.1 Å². The smallest absolute Gasteiger partial charge is 0.276 e. The van der Waals surface area contributed by atoms with Gasteiger partial charge in [0, 0.05) is 19.2 Å². The summed E-state index contributed by atoms with van der Waals surface area (Å²) in [5.41, 5.74) is 1.23. The molecule has 1 aliphatic heterocycles. The van der Waals surface area contributed by atoms with E-state index in [1.807, 2.05) is 35.2 Å². The molecule has 3 rings (SSSR count). The van der Waals surface area contributed by atoms with Crippen LogP contribution < -0.4 is 0 Å². The molecule has 2 aromatic rings. The molecule has 2 heterocycles. The van der Waals surface area contributed by atoms with E-state index >= 15 is 0 Å². The first kappa shape index (κ1) is 14.7. The molecular weight excluding hydrogens is 280 g/mol. The second-order valence-electron chi connectivity index (χ2n) is 5.54. The number of benzene rings is 1. The van der Waals surface area contributed by atoms with E-state index in [2.05, 4.69) is 10.3 Å². The highest BCUT2D eigenvalue weighted by Gasteiger charge is 2.28. The molecule has 1 aliphatic rings. The monoisotopic (exact) mass is 300 g/mol. The van der Waals surface area contributed by atoms with Crippen LogP contribution in [0.5, 0.6) is 0 Å². The molecule has 0 radical (unpaired) electrons. The number of aliphatic hydroxyl groups is 1. The summed E-state index contributed by atoms with van der Waals surface area (Å²) in [6, 6.07) is 9.70. The molecule has 116 valence electrons. The van der Waals surface area contributed by atoms with Gasteiger partial charge in [-0.2, -0.15) is 0 Å². The molecule has 1 N–H and O–H groups in total. The average Bonchev–Trinajstić information content (AvgIpc) is 3.06. The van der Waals surface area contributed by atoms with Crippen LogP contribution in [0.1, 0.15) is 36.2 Å². The molecule has 6 nitrogen and oxygen atoms in total. The number of piperidine rings is 1. The number of nitrogens with zero attached hydrogens (tertiary/aromatic N) is 4. The Morgan fingerprint density at radius 2 is 2.09 bits per heavy atom. The summed E-state index contributed by atoms with van der Waals surface area (Å²) >= 11 is 0. The largest absolute Gasteiger partial charge is 0.396 e. The zero-order valence-electron chi connectivity index (χ0n) is 12.4. The van der Waals surface area contributed by atoms with Crippen molar-refractivity contribution >= 4 is 5.91 Å². The van der Waals surface area contributed by atoms with Gasteiger partial charge in [0.1, 0.15) is 0 Å². The van der Waals surface area contributed by atoms with Crippen molar-refractivity contribution in [1.29, 1.82) is 0 Å². The molecule has 1 aromatic heterocycles. The van der Waals surface area contributed by atoms with Crippen molar-refractivity contribution in [3.8, 4) is 5.69 Å². The first-order chi connectivity index (χ1) is 10.8. The normalized spacial score (nSPS) is 18.4. The Bertz CT molecular complexity index is 624. The van der Waals surface area contributed by atoms with Gasteiger partial charge in [-0.05, 0) is 37.8 Å². The summed E-state index contributed by atoms with van der Waals surface area (Å²) in [6.45, 7) is 0.826. The van der Waals surface area contributed by atoms with Crippen molar-refractivity contribution in [3.63, 3.8) is 0 Å². The van der Waals surface area contributed by atoms with Crippen LogP contribution in [0.3, 0.4) is 0 Å². The van der Waals surface area contributed by atoms with E-state index in [9.17, 15) is 9.90 Å². The number of amides is 1. The maximum atomic E-state index is 12.7. The number of hydrogen-bond acceptors (Lipinski definition) is 4. The Morgan fingerprint density at radius 3 is 2.86 bits per heavy atom. The van der Waals surface area contributed by atoms with Crippen molar-refractivity contribution in [2.45, 2.75) is 31.7 Å². The maximum absolute atomic E-state index is 12.7. The number of hydrogen-bond donors (Lipinski definition) is 1. The summed E-state index contributed by atoms with van der Waals surface area (Å²) in [5, 5.41) is 17.2. The zero-order chi connectivity index (χ0) is 15.4. The summed E-state index contributed by atoms with van der Waals surface area (Å²) in [7, 11) is 0. The highest BCUT2D eigenvalue weighted by molar-refractivity contribution is 5.92. The van der Waals surface area contributed by atoms with E-state index in [-0.39, 0.29) is 18.6 Å². The van der Waals surface area contributed by atoms with Gasteiger partial charge in [0.2, 0.25) is 0 Å². The lowest BCUT2D eigenvalue weighted by Gasteiger charge is -2.35. The zero-order valence-corrected chi connectivity index (χ0v) is 12.4. The fourth-order valence-electron chi connectivity index (χ4n) is 2.93. The number of carbonyl (C=O) groups is 1. The molecule has 0 saturated carbocycles. The quantitative estimate of drug-likeness (QED) is 0.932. The third-order valence-corrected chi connectivity index (χ3v) is 4.08. The van der Waals surface area contributed by atoms with Crippen molar-refractivity contribution in [1.82, 2.24) is 19.9 Å². The molecule has 1 unspecified atom stereocenters. The van der Waals surface area contributed by atoms with Crippen LogP contribution in [0.15, 0.2) is 36.5 Å². The van der Waals surface area contributed by atoms with Gasteiger partial charge in [-0.3, -0.25) is 4.79 Å². The summed E-state index contributed by atoms with van der Waals surface area (Å²) < 4.78 is 1.61. The van der Waals surface area contributed by atoms with E-state index < -0.39 is 0 Å². The van der Waals surface area contributed by atoms with Crippen LogP contribution in [-0.2, 0) is 0 Å². The maximum Gasteiger partial charge on any atom is 0.276 e. The molecular formula is C16H20N4O2. The molecule has 1 aromatic carbocycles. The van der Waals surface area contributed by atoms with Gasteiger partial charge >= 0.3 is 0 Å². The molecule has 0 bridgehead atoms. The predicted molar refractivity (Wildman–Crippen MR) is 81.7 cm³/mol. The van der Waals surface area contributed by atoms with E-state index in [4.69, 9.17) is 0 Å². The number of aromatic nitrogens is 3. The first-order valence-corrected chi connectivity index (χ1v) is 7.69. The van der Waals surface area contributed by atoms with Crippen LogP contribution >= 0.6 is 0 Å². The lowest BCUT2D eigenvalue weighted by molar-refractivity contribution is 0.0568. The highest BCUT2D eigenvalue weighted by Crippen LogP contribution is 2.21. The SMILES string of the molecule is O=C(c1cn(-c2ccccc2)nn1)N1CCCCC1CCO. The summed E-state index contributed by atoms with van der Waals surface area (Å²) in [5.74, 6) is -0.0969. The van der Waals surface area contributed by atoms with Gasteiger partial charge in [0.15, 0.2) is 5.69 Å². The fourth-order valence-corrected chi connectivity index (χ4v) is 2.93. The Labute approximate surface area is 129 Å². The Balaban J connectivity index is 1.78. The second-order valence-corrected chi connectivity index (χ2v) is 5.54. The number of rotatable bonds is 4. The van der Waals surface area contributed by atoms with Gasteiger partial charge < -0.3 is 10.0 Å². The Kier molecular flexibility index (Phi) is 4.48. The lowest BCUT2D eigenvalue weighted by atomic mass is 9.99. The highest BCUT2D eigenvalue weighted by atomic mass is 16.3. The molecule has 1 fully saturated rings. The molecule has 22 heavy (non-hydrogen) atoms. The van der Waals surface area contributed by atoms with E-state index in [1.165, 1.54) is 0 Å². The average molecular weight is 300 g/mol.